The van der Waals surface area contributed by atoms with Gasteiger partial charge in [0, 0.05) is 23.8 Å². The molecule has 2 unspecified atom stereocenters. The number of rotatable bonds is 0. The van der Waals surface area contributed by atoms with Crippen molar-refractivity contribution < 1.29 is 14.4 Å². The normalized spacial score (nSPS) is 31.7. The second-order valence-electron chi connectivity index (χ2n) is 5.14. The summed E-state index contributed by atoms with van der Waals surface area (Å²) >= 11 is 0. The molecule has 0 aromatic carbocycles. The van der Waals surface area contributed by atoms with Crippen LogP contribution in [0.3, 0.4) is 0 Å². The predicted molar refractivity (Wildman–Crippen MR) is 64.4 cm³/mol. The molecular weight excluding hydrogens is 230 g/mol. The van der Waals surface area contributed by atoms with Gasteiger partial charge in [-0.05, 0) is 25.7 Å². The van der Waals surface area contributed by atoms with Crippen LogP contribution >= 0.6 is 0 Å². The van der Waals surface area contributed by atoms with Gasteiger partial charge in [-0.2, -0.15) is 0 Å². The van der Waals surface area contributed by atoms with Gasteiger partial charge in [0.15, 0.2) is 11.6 Å². The van der Waals surface area contributed by atoms with Gasteiger partial charge in [-0.3, -0.25) is 14.4 Å². The molecule has 0 spiro atoms. The number of allylic oxidation sites excluding steroid dienone is 4. The number of hydrogen-bond donors (Lipinski definition) is 1. The number of ketones is 2. The van der Waals surface area contributed by atoms with Crippen LogP contribution in [0.15, 0.2) is 23.4 Å². The number of fused-ring (bicyclic) bond motifs is 1. The van der Waals surface area contributed by atoms with Crippen LogP contribution in [0.25, 0.3) is 0 Å². The highest BCUT2D eigenvalue weighted by molar-refractivity contribution is 6.15. The van der Waals surface area contributed by atoms with Crippen LogP contribution in [0.1, 0.15) is 32.1 Å². The van der Waals surface area contributed by atoms with Crippen LogP contribution in [0.2, 0.25) is 0 Å². The molecule has 0 saturated carbocycles. The largest absolute Gasteiger partial charge is 0.323 e. The van der Waals surface area contributed by atoms with Gasteiger partial charge in [0.05, 0.1) is 5.70 Å². The van der Waals surface area contributed by atoms with E-state index in [0.29, 0.717) is 43.4 Å². The fourth-order valence-electron chi connectivity index (χ4n) is 3.09. The molecule has 1 amide bonds. The van der Waals surface area contributed by atoms with Crippen molar-refractivity contribution in [2.24, 2.45) is 11.8 Å². The summed E-state index contributed by atoms with van der Waals surface area (Å²) in [6.07, 6.45) is 6.79. The Labute approximate surface area is 105 Å². The molecule has 0 saturated heterocycles. The van der Waals surface area contributed by atoms with E-state index in [0.717, 1.165) is 0 Å². The van der Waals surface area contributed by atoms with Crippen LogP contribution < -0.4 is 5.32 Å². The van der Waals surface area contributed by atoms with Crippen molar-refractivity contribution in [1.29, 1.82) is 0 Å². The van der Waals surface area contributed by atoms with E-state index in [1.807, 2.05) is 12.2 Å². The Hall–Kier alpha value is -1.71. The predicted octanol–water partition coefficient (Wildman–Crippen LogP) is 1.27. The standard InChI is InChI=1S/C14H15NO3/c16-11-7-3-6-10-12(15-11)14(18)9-5-2-1-4-8(9)13(10)17/h1-2,8-9H,3-7H2,(H,15,16). The number of Topliss-reactive ketones (excluding diaryl/α,β-unsaturated/α-hetero) is 2. The molecular formula is C14H15NO3. The summed E-state index contributed by atoms with van der Waals surface area (Å²) < 4.78 is 0. The van der Waals surface area contributed by atoms with E-state index in [1.54, 1.807) is 0 Å². The van der Waals surface area contributed by atoms with Gasteiger partial charge in [0.2, 0.25) is 5.91 Å². The van der Waals surface area contributed by atoms with E-state index in [2.05, 4.69) is 5.32 Å². The molecule has 4 nitrogen and oxygen atoms in total. The van der Waals surface area contributed by atoms with E-state index >= 15 is 0 Å². The maximum absolute atomic E-state index is 12.4. The summed E-state index contributed by atoms with van der Waals surface area (Å²) in [5, 5.41) is 2.64. The summed E-state index contributed by atoms with van der Waals surface area (Å²) in [5.41, 5.74) is 0.849. The first-order chi connectivity index (χ1) is 8.68. The Bertz CT molecular complexity index is 501. The lowest BCUT2D eigenvalue weighted by atomic mass is 9.70. The molecule has 3 aliphatic rings. The van der Waals surface area contributed by atoms with Gasteiger partial charge in [0.1, 0.15) is 0 Å². The molecule has 1 heterocycles. The summed E-state index contributed by atoms with van der Waals surface area (Å²) in [5.74, 6) is -0.586. The third kappa shape index (κ3) is 1.64. The second kappa shape index (κ2) is 4.19. The highest BCUT2D eigenvalue weighted by atomic mass is 16.2. The summed E-state index contributed by atoms with van der Waals surface area (Å²) in [6, 6.07) is 0. The van der Waals surface area contributed by atoms with Crippen molar-refractivity contribution in [3.63, 3.8) is 0 Å². The molecule has 94 valence electrons. The highest BCUT2D eigenvalue weighted by Gasteiger charge is 2.43. The van der Waals surface area contributed by atoms with Crippen molar-refractivity contribution in [1.82, 2.24) is 5.32 Å². The van der Waals surface area contributed by atoms with E-state index < -0.39 is 0 Å². The zero-order valence-corrected chi connectivity index (χ0v) is 10.1. The van der Waals surface area contributed by atoms with Crippen LogP contribution in [0, 0.1) is 11.8 Å². The number of carbonyl (C=O) groups is 3. The molecule has 18 heavy (non-hydrogen) atoms. The van der Waals surface area contributed by atoms with Crippen molar-refractivity contribution in [3.8, 4) is 0 Å². The number of carbonyl (C=O) groups excluding carboxylic acids is 3. The Kier molecular flexibility index (Phi) is 2.65. The minimum atomic E-state index is -0.264. The summed E-state index contributed by atoms with van der Waals surface area (Å²) in [7, 11) is 0. The minimum Gasteiger partial charge on any atom is -0.323 e. The van der Waals surface area contributed by atoms with Gasteiger partial charge in [-0.15, -0.1) is 0 Å². The third-order valence-corrected chi connectivity index (χ3v) is 4.05. The molecule has 1 N–H and O–H groups in total. The zero-order chi connectivity index (χ0) is 12.7. The lowest BCUT2D eigenvalue weighted by Crippen LogP contribution is -2.42. The lowest BCUT2D eigenvalue weighted by molar-refractivity contribution is -0.131. The average Bonchev–Trinajstić information content (AvgIpc) is 2.58. The topological polar surface area (TPSA) is 63.2 Å². The Morgan fingerprint density at radius 1 is 0.944 bits per heavy atom. The lowest BCUT2D eigenvalue weighted by Gasteiger charge is -2.32. The van der Waals surface area contributed by atoms with E-state index in [1.165, 1.54) is 0 Å². The Morgan fingerprint density at radius 2 is 1.61 bits per heavy atom. The van der Waals surface area contributed by atoms with Crippen LogP contribution in [0.4, 0.5) is 0 Å². The maximum atomic E-state index is 12.4. The first-order valence-corrected chi connectivity index (χ1v) is 6.45. The number of nitrogens with one attached hydrogen (secondary N) is 1. The monoisotopic (exact) mass is 245 g/mol. The fourth-order valence-corrected chi connectivity index (χ4v) is 3.09. The minimum absolute atomic E-state index is 0.0470. The first kappa shape index (κ1) is 11.4. The van der Waals surface area contributed by atoms with Crippen molar-refractivity contribution in [3.05, 3.63) is 23.4 Å². The zero-order valence-electron chi connectivity index (χ0n) is 10.1. The maximum Gasteiger partial charge on any atom is 0.224 e. The molecule has 0 aromatic rings. The molecule has 0 radical (unpaired) electrons. The average molecular weight is 245 g/mol. The van der Waals surface area contributed by atoms with Gasteiger partial charge in [-0.25, -0.2) is 0 Å². The van der Waals surface area contributed by atoms with E-state index in [4.69, 9.17) is 0 Å². The fraction of sp³-hybridized carbons (Fsp3) is 0.500. The van der Waals surface area contributed by atoms with Crippen molar-refractivity contribution in [2.45, 2.75) is 32.1 Å². The summed E-state index contributed by atoms with van der Waals surface area (Å²) in [6.45, 7) is 0. The molecule has 0 bridgehead atoms. The molecule has 4 heteroatoms. The van der Waals surface area contributed by atoms with Crippen LogP contribution in [-0.4, -0.2) is 17.5 Å². The van der Waals surface area contributed by atoms with E-state index in [9.17, 15) is 14.4 Å². The number of amides is 1. The SMILES string of the molecule is O=C1CCCC2=C(N1)C(=O)C1CC=CCC1C2=O. The molecule has 2 atom stereocenters. The van der Waals surface area contributed by atoms with E-state index in [-0.39, 0.29) is 29.3 Å². The highest BCUT2D eigenvalue weighted by Crippen LogP contribution is 2.37. The molecule has 0 fully saturated rings. The third-order valence-electron chi connectivity index (χ3n) is 4.05. The Balaban J connectivity index is 2.04. The van der Waals surface area contributed by atoms with Crippen molar-refractivity contribution in [2.75, 3.05) is 0 Å². The van der Waals surface area contributed by atoms with Gasteiger partial charge >= 0.3 is 0 Å². The van der Waals surface area contributed by atoms with Gasteiger partial charge in [0.25, 0.3) is 0 Å². The van der Waals surface area contributed by atoms with Crippen LogP contribution in [-0.2, 0) is 14.4 Å². The van der Waals surface area contributed by atoms with Gasteiger partial charge < -0.3 is 5.32 Å². The van der Waals surface area contributed by atoms with Crippen molar-refractivity contribution >= 4 is 17.5 Å². The molecule has 2 aliphatic carbocycles. The Morgan fingerprint density at radius 3 is 2.33 bits per heavy atom. The molecule has 1 aliphatic heterocycles. The summed E-state index contributed by atoms with van der Waals surface area (Å²) in [4.78, 5) is 36.3. The second-order valence-corrected chi connectivity index (χ2v) is 5.14. The van der Waals surface area contributed by atoms with Crippen LogP contribution in [0.5, 0.6) is 0 Å². The van der Waals surface area contributed by atoms with Gasteiger partial charge in [-0.1, -0.05) is 12.2 Å². The number of hydrogen-bond acceptors (Lipinski definition) is 3. The molecule has 0 aromatic heterocycles. The molecule has 3 rings (SSSR count). The smallest absolute Gasteiger partial charge is 0.224 e. The quantitative estimate of drug-likeness (QED) is 0.654. The first-order valence-electron chi connectivity index (χ1n) is 6.45.